The maximum Gasteiger partial charge on any atom is 0.330 e. The molecule has 0 aliphatic heterocycles. The van der Waals surface area contributed by atoms with E-state index in [1.807, 2.05) is 27.7 Å². The van der Waals surface area contributed by atoms with E-state index in [0.717, 1.165) is 11.3 Å². The first-order valence-electron chi connectivity index (χ1n) is 8.23. The number of hydrogen-bond acceptors (Lipinski definition) is 5. The van der Waals surface area contributed by atoms with Crippen molar-refractivity contribution >= 4 is 11.9 Å². The Morgan fingerprint density at radius 3 is 2.54 bits per heavy atom. The number of aryl methyl sites for hydroxylation is 2. The highest BCUT2D eigenvalue weighted by Crippen LogP contribution is 2.51. The van der Waals surface area contributed by atoms with Gasteiger partial charge in [-0.05, 0) is 27.2 Å². The van der Waals surface area contributed by atoms with Crippen LogP contribution < -0.4 is 5.32 Å². The zero-order chi connectivity index (χ0) is 18.1. The van der Waals surface area contributed by atoms with Gasteiger partial charge in [0.15, 0.2) is 0 Å². The minimum atomic E-state index is -1.29. The van der Waals surface area contributed by atoms with E-state index in [1.54, 1.807) is 6.92 Å². The van der Waals surface area contributed by atoms with Crippen molar-refractivity contribution in [1.29, 1.82) is 0 Å². The van der Waals surface area contributed by atoms with Gasteiger partial charge in [-0.2, -0.15) is 0 Å². The van der Waals surface area contributed by atoms with E-state index >= 15 is 0 Å². The number of rotatable bonds is 7. The second-order valence-electron chi connectivity index (χ2n) is 6.93. The molecule has 1 fully saturated rings. The van der Waals surface area contributed by atoms with Gasteiger partial charge in [0.1, 0.15) is 11.3 Å². The third-order valence-corrected chi connectivity index (χ3v) is 5.27. The molecule has 2 N–H and O–H groups in total. The molecule has 1 aromatic heterocycles. The van der Waals surface area contributed by atoms with Crippen molar-refractivity contribution in [1.82, 2.24) is 10.5 Å². The summed E-state index contributed by atoms with van der Waals surface area (Å²) in [5.74, 6) is -0.622. The van der Waals surface area contributed by atoms with Gasteiger partial charge in [0, 0.05) is 30.4 Å². The first-order valence-corrected chi connectivity index (χ1v) is 8.23. The molecule has 1 aliphatic carbocycles. The number of nitrogens with zero attached hydrogens (tertiary/aromatic N) is 1. The van der Waals surface area contributed by atoms with Crippen LogP contribution in [0.3, 0.4) is 0 Å². The zero-order valence-electron chi connectivity index (χ0n) is 14.9. The second-order valence-corrected chi connectivity index (χ2v) is 6.93. The maximum atomic E-state index is 12.4. The van der Waals surface area contributed by atoms with Crippen LogP contribution in [0, 0.1) is 19.3 Å². The molecular weight excluding hydrogens is 312 g/mol. The summed E-state index contributed by atoms with van der Waals surface area (Å²) < 4.78 is 10.7. The van der Waals surface area contributed by atoms with Gasteiger partial charge < -0.3 is 19.7 Å². The molecule has 7 nitrogen and oxygen atoms in total. The average Bonchev–Trinajstić information content (AvgIpc) is 2.82. The van der Waals surface area contributed by atoms with E-state index in [2.05, 4.69) is 10.5 Å². The zero-order valence-corrected chi connectivity index (χ0v) is 14.9. The second kappa shape index (κ2) is 6.55. The minimum absolute atomic E-state index is 0.179. The standard InChI is InChI=1S/C17H26N2O5/c1-6-23-13-9-17(15(21)22,16(13,4)5)18-14(20)8-7-12-10(2)19-24-11(12)3/h13H,6-9H2,1-5H3,(H,18,20)(H,21,22). The van der Waals surface area contributed by atoms with Crippen molar-refractivity contribution in [2.45, 2.75) is 65.5 Å². The number of carboxylic acids is 1. The number of aromatic nitrogens is 1. The molecule has 1 aliphatic rings. The first-order chi connectivity index (χ1) is 11.2. The minimum Gasteiger partial charge on any atom is -0.479 e. The number of ether oxygens (including phenoxy) is 1. The molecule has 2 atom stereocenters. The number of aliphatic carboxylic acids is 1. The molecule has 2 rings (SSSR count). The highest BCUT2D eigenvalue weighted by atomic mass is 16.5. The summed E-state index contributed by atoms with van der Waals surface area (Å²) in [6, 6.07) is 0. The molecule has 0 aromatic carbocycles. The SMILES string of the molecule is CCOC1CC(NC(=O)CCc2c(C)noc2C)(C(=O)O)C1(C)C. The van der Waals surface area contributed by atoms with Gasteiger partial charge in [0.05, 0.1) is 11.8 Å². The van der Waals surface area contributed by atoms with Crippen LogP contribution in [0.5, 0.6) is 0 Å². The molecule has 0 spiro atoms. The molecule has 0 saturated heterocycles. The Balaban J connectivity index is 2.04. The molecule has 0 radical (unpaired) electrons. The van der Waals surface area contributed by atoms with Crippen LogP contribution in [-0.4, -0.2) is 40.4 Å². The van der Waals surface area contributed by atoms with Crippen LogP contribution in [0.1, 0.15) is 50.6 Å². The highest BCUT2D eigenvalue weighted by Gasteiger charge is 2.66. The normalized spacial score (nSPS) is 25.1. The lowest BCUT2D eigenvalue weighted by Gasteiger charge is -2.58. The molecule has 1 aromatic rings. The molecule has 24 heavy (non-hydrogen) atoms. The van der Waals surface area contributed by atoms with Crippen molar-refractivity contribution in [2.24, 2.45) is 5.41 Å². The third-order valence-electron chi connectivity index (χ3n) is 5.27. The van der Waals surface area contributed by atoms with Crippen LogP contribution in [0.25, 0.3) is 0 Å². The Kier molecular flexibility index (Phi) is 5.03. The van der Waals surface area contributed by atoms with Crippen LogP contribution in [-0.2, 0) is 20.7 Å². The van der Waals surface area contributed by atoms with Crippen molar-refractivity contribution in [3.05, 3.63) is 17.0 Å². The quantitative estimate of drug-likeness (QED) is 0.788. The van der Waals surface area contributed by atoms with Gasteiger partial charge in [-0.15, -0.1) is 0 Å². The smallest absolute Gasteiger partial charge is 0.330 e. The molecule has 1 heterocycles. The molecule has 134 valence electrons. The summed E-state index contributed by atoms with van der Waals surface area (Å²) in [6.07, 6.45) is 0.757. The predicted octanol–water partition coefficient (Wildman–Crippen LogP) is 2.00. The summed E-state index contributed by atoms with van der Waals surface area (Å²) in [5, 5.41) is 16.3. The van der Waals surface area contributed by atoms with Gasteiger partial charge in [-0.25, -0.2) is 4.79 Å². The first kappa shape index (κ1) is 18.4. The van der Waals surface area contributed by atoms with Gasteiger partial charge >= 0.3 is 5.97 Å². The Morgan fingerprint density at radius 1 is 1.42 bits per heavy atom. The fourth-order valence-electron chi connectivity index (χ4n) is 3.43. The molecule has 1 saturated carbocycles. The Bertz CT molecular complexity index is 617. The number of amides is 1. The molecule has 7 heteroatoms. The summed E-state index contributed by atoms with van der Waals surface area (Å²) in [7, 11) is 0. The van der Waals surface area contributed by atoms with E-state index in [4.69, 9.17) is 9.26 Å². The van der Waals surface area contributed by atoms with Gasteiger partial charge in [-0.3, -0.25) is 4.79 Å². The van der Waals surface area contributed by atoms with Gasteiger partial charge in [-0.1, -0.05) is 19.0 Å². The lowest BCUT2D eigenvalue weighted by molar-refractivity contribution is -0.194. The number of carbonyl (C=O) groups is 2. The lowest BCUT2D eigenvalue weighted by Crippen LogP contribution is -2.76. The maximum absolute atomic E-state index is 12.4. The predicted molar refractivity (Wildman–Crippen MR) is 86.6 cm³/mol. The Morgan fingerprint density at radius 2 is 2.08 bits per heavy atom. The average molecular weight is 338 g/mol. The van der Waals surface area contributed by atoms with Crippen LogP contribution >= 0.6 is 0 Å². The van der Waals surface area contributed by atoms with E-state index in [-0.39, 0.29) is 24.9 Å². The number of hydrogen-bond donors (Lipinski definition) is 2. The Hall–Kier alpha value is -1.89. The van der Waals surface area contributed by atoms with Crippen molar-refractivity contribution in [3.63, 3.8) is 0 Å². The molecular formula is C17H26N2O5. The van der Waals surface area contributed by atoms with Crippen molar-refractivity contribution in [2.75, 3.05) is 6.61 Å². The van der Waals surface area contributed by atoms with Crippen molar-refractivity contribution < 1.29 is 24.0 Å². The fraction of sp³-hybridized carbons (Fsp3) is 0.706. The summed E-state index contributed by atoms with van der Waals surface area (Å²) in [6.45, 7) is 9.65. The van der Waals surface area contributed by atoms with Crippen molar-refractivity contribution in [3.8, 4) is 0 Å². The third kappa shape index (κ3) is 2.92. The summed E-state index contributed by atoms with van der Waals surface area (Å²) >= 11 is 0. The number of carbonyl (C=O) groups excluding carboxylic acids is 1. The van der Waals surface area contributed by atoms with E-state index < -0.39 is 16.9 Å². The highest BCUT2D eigenvalue weighted by molar-refractivity contribution is 5.89. The van der Waals surface area contributed by atoms with Gasteiger partial charge in [0.2, 0.25) is 5.91 Å². The molecule has 2 unspecified atom stereocenters. The number of carboxylic acid groups (broad SMARTS) is 1. The topological polar surface area (TPSA) is 102 Å². The van der Waals surface area contributed by atoms with Crippen LogP contribution in [0.4, 0.5) is 0 Å². The number of nitrogens with one attached hydrogen (secondary N) is 1. The van der Waals surface area contributed by atoms with Crippen LogP contribution in [0.2, 0.25) is 0 Å². The summed E-state index contributed by atoms with van der Waals surface area (Å²) in [4.78, 5) is 24.2. The fourth-order valence-corrected chi connectivity index (χ4v) is 3.43. The van der Waals surface area contributed by atoms with Gasteiger partial charge in [0.25, 0.3) is 0 Å². The lowest BCUT2D eigenvalue weighted by atomic mass is 9.54. The Labute approximate surface area is 141 Å². The van der Waals surface area contributed by atoms with E-state index in [1.165, 1.54) is 0 Å². The molecule has 1 amide bonds. The summed E-state index contributed by atoms with van der Waals surface area (Å²) in [5.41, 5.74) is -0.306. The van der Waals surface area contributed by atoms with E-state index in [9.17, 15) is 14.7 Å². The largest absolute Gasteiger partial charge is 0.479 e. The van der Waals surface area contributed by atoms with E-state index in [0.29, 0.717) is 18.8 Å². The molecule has 0 bridgehead atoms. The monoisotopic (exact) mass is 338 g/mol. The van der Waals surface area contributed by atoms with Crippen LogP contribution in [0.15, 0.2) is 4.52 Å².